The predicted octanol–water partition coefficient (Wildman–Crippen LogP) is 4.05. The van der Waals surface area contributed by atoms with Crippen LogP contribution in [0.25, 0.3) is 0 Å². The summed E-state index contributed by atoms with van der Waals surface area (Å²) in [5.74, 6) is 0.497. The van der Waals surface area contributed by atoms with E-state index in [-0.39, 0.29) is 24.1 Å². The molecule has 2 aromatic carbocycles. The molecule has 1 heterocycles. The molecule has 32 heavy (non-hydrogen) atoms. The van der Waals surface area contributed by atoms with Gasteiger partial charge < -0.3 is 15.2 Å². The van der Waals surface area contributed by atoms with Crippen LogP contribution in [0.3, 0.4) is 0 Å². The molecule has 7 nitrogen and oxygen atoms in total. The van der Waals surface area contributed by atoms with Gasteiger partial charge in [-0.2, -0.15) is 0 Å². The van der Waals surface area contributed by atoms with Gasteiger partial charge in [0.15, 0.2) is 11.0 Å². The lowest BCUT2D eigenvalue weighted by Gasteiger charge is -2.10. The minimum atomic E-state index is -0.177. The number of carbonyl (C=O) groups is 2. The van der Waals surface area contributed by atoms with Gasteiger partial charge >= 0.3 is 0 Å². The van der Waals surface area contributed by atoms with E-state index >= 15 is 0 Å². The van der Waals surface area contributed by atoms with Gasteiger partial charge in [0.2, 0.25) is 5.91 Å². The molecule has 0 saturated heterocycles. The van der Waals surface area contributed by atoms with Crippen LogP contribution in [0, 0.1) is 20.8 Å². The number of rotatable bonds is 9. The molecule has 0 aliphatic heterocycles. The Bertz CT molecular complexity index is 1140. The molecule has 3 aromatic rings. The van der Waals surface area contributed by atoms with Crippen molar-refractivity contribution in [1.82, 2.24) is 20.1 Å². The summed E-state index contributed by atoms with van der Waals surface area (Å²) in [6, 6.07) is 13.3. The van der Waals surface area contributed by atoms with Crippen LogP contribution in [-0.4, -0.2) is 32.3 Å². The zero-order valence-electron chi connectivity index (χ0n) is 18.5. The van der Waals surface area contributed by atoms with Crippen molar-refractivity contribution in [2.45, 2.75) is 39.0 Å². The SMILES string of the molecule is C=CCn1c(CNC(=O)c2cccc(C)c2)nnc1SCC(=O)Nc1cc(C)ccc1C. The first kappa shape index (κ1) is 23.3. The smallest absolute Gasteiger partial charge is 0.251 e. The lowest BCUT2D eigenvalue weighted by atomic mass is 10.1. The first-order valence-electron chi connectivity index (χ1n) is 10.2. The highest BCUT2D eigenvalue weighted by Gasteiger charge is 2.15. The Hall–Kier alpha value is -3.39. The first-order valence-corrected chi connectivity index (χ1v) is 11.2. The van der Waals surface area contributed by atoms with Crippen LogP contribution in [0.1, 0.15) is 32.9 Å². The molecular weight excluding hydrogens is 422 g/mol. The van der Waals surface area contributed by atoms with Crippen molar-refractivity contribution < 1.29 is 9.59 Å². The summed E-state index contributed by atoms with van der Waals surface area (Å²) in [5, 5.41) is 14.8. The van der Waals surface area contributed by atoms with E-state index in [0.29, 0.717) is 23.1 Å². The van der Waals surface area contributed by atoms with Crippen molar-refractivity contribution >= 4 is 29.3 Å². The van der Waals surface area contributed by atoms with E-state index in [4.69, 9.17) is 0 Å². The molecule has 0 unspecified atom stereocenters. The lowest BCUT2D eigenvalue weighted by molar-refractivity contribution is -0.113. The largest absolute Gasteiger partial charge is 0.345 e. The molecule has 0 aliphatic carbocycles. The quantitative estimate of drug-likeness (QED) is 0.380. The third-order valence-corrected chi connectivity index (χ3v) is 5.76. The number of allylic oxidation sites excluding steroid dienone is 1. The van der Waals surface area contributed by atoms with Crippen molar-refractivity contribution in [3.05, 3.63) is 83.2 Å². The second-order valence-electron chi connectivity index (χ2n) is 7.51. The van der Waals surface area contributed by atoms with Crippen LogP contribution < -0.4 is 10.6 Å². The summed E-state index contributed by atoms with van der Waals surface area (Å²) in [4.78, 5) is 24.9. The number of hydrogen-bond donors (Lipinski definition) is 2. The van der Waals surface area contributed by atoms with Crippen LogP contribution in [0.2, 0.25) is 0 Å². The van der Waals surface area contributed by atoms with E-state index in [2.05, 4.69) is 27.4 Å². The monoisotopic (exact) mass is 449 g/mol. The average Bonchev–Trinajstić information content (AvgIpc) is 3.15. The van der Waals surface area contributed by atoms with Gasteiger partial charge in [0.1, 0.15) is 0 Å². The van der Waals surface area contributed by atoms with Gasteiger partial charge in [-0.1, -0.05) is 47.7 Å². The molecule has 1 aromatic heterocycles. The fourth-order valence-electron chi connectivity index (χ4n) is 3.10. The Morgan fingerprint density at radius 2 is 1.88 bits per heavy atom. The second-order valence-corrected chi connectivity index (χ2v) is 8.45. The fraction of sp³-hybridized carbons (Fsp3) is 0.250. The maximum absolute atomic E-state index is 12.5. The number of thioether (sulfide) groups is 1. The van der Waals surface area contributed by atoms with Crippen LogP contribution in [0.4, 0.5) is 5.69 Å². The van der Waals surface area contributed by atoms with E-state index in [9.17, 15) is 9.59 Å². The molecule has 166 valence electrons. The molecule has 0 spiro atoms. The molecule has 0 saturated carbocycles. The third-order valence-electron chi connectivity index (χ3n) is 4.79. The molecule has 0 bridgehead atoms. The average molecular weight is 450 g/mol. The molecule has 2 amide bonds. The zero-order chi connectivity index (χ0) is 23.1. The topological polar surface area (TPSA) is 88.9 Å². The van der Waals surface area contributed by atoms with E-state index in [0.717, 1.165) is 22.4 Å². The van der Waals surface area contributed by atoms with Crippen molar-refractivity contribution in [2.24, 2.45) is 0 Å². The van der Waals surface area contributed by atoms with E-state index in [1.807, 2.05) is 61.7 Å². The summed E-state index contributed by atoms with van der Waals surface area (Å²) >= 11 is 1.29. The van der Waals surface area contributed by atoms with Crippen LogP contribution in [0.5, 0.6) is 0 Å². The van der Waals surface area contributed by atoms with Crippen LogP contribution >= 0.6 is 11.8 Å². The minimum Gasteiger partial charge on any atom is -0.345 e. The molecule has 2 N–H and O–H groups in total. The molecule has 0 aliphatic rings. The number of benzene rings is 2. The first-order chi connectivity index (χ1) is 15.4. The van der Waals surface area contributed by atoms with Crippen molar-refractivity contribution in [1.29, 1.82) is 0 Å². The normalized spacial score (nSPS) is 10.6. The Morgan fingerprint density at radius 1 is 1.09 bits per heavy atom. The second kappa shape index (κ2) is 10.8. The summed E-state index contributed by atoms with van der Waals surface area (Å²) in [7, 11) is 0. The number of nitrogens with zero attached hydrogens (tertiary/aromatic N) is 3. The number of hydrogen-bond acceptors (Lipinski definition) is 5. The molecule has 0 atom stereocenters. The van der Waals surface area contributed by atoms with Gasteiger partial charge in [-0.15, -0.1) is 16.8 Å². The molecule has 3 rings (SSSR count). The number of nitrogens with one attached hydrogen (secondary N) is 2. The number of aryl methyl sites for hydroxylation is 3. The Kier molecular flexibility index (Phi) is 7.83. The van der Waals surface area contributed by atoms with Crippen molar-refractivity contribution in [3.8, 4) is 0 Å². The standard InChI is InChI=1S/C24H27N5O2S/c1-5-11-29-21(14-25-23(31)19-8-6-7-16(2)12-19)27-28-24(29)32-15-22(30)26-20-13-17(3)9-10-18(20)4/h5-10,12-13H,1,11,14-15H2,2-4H3,(H,25,31)(H,26,30). The highest BCUT2D eigenvalue weighted by atomic mass is 32.2. The molecule has 0 fully saturated rings. The maximum atomic E-state index is 12.5. The summed E-state index contributed by atoms with van der Waals surface area (Å²) < 4.78 is 1.85. The van der Waals surface area contributed by atoms with E-state index in [1.54, 1.807) is 12.1 Å². The maximum Gasteiger partial charge on any atom is 0.251 e. The van der Waals surface area contributed by atoms with Crippen molar-refractivity contribution in [3.63, 3.8) is 0 Å². The number of amides is 2. The highest BCUT2D eigenvalue weighted by molar-refractivity contribution is 7.99. The Morgan fingerprint density at radius 3 is 2.62 bits per heavy atom. The molecular formula is C24H27N5O2S. The van der Waals surface area contributed by atoms with Gasteiger partial charge in [0, 0.05) is 17.8 Å². The van der Waals surface area contributed by atoms with Crippen LogP contribution in [0.15, 0.2) is 60.3 Å². The van der Waals surface area contributed by atoms with Gasteiger partial charge in [-0.25, -0.2) is 0 Å². The Labute approximate surface area is 192 Å². The summed E-state index contributed by atoms with van der Waals surface area (Å²) in [6.07, 6.45) is 1.73. The van der Waals surface area contributed by atoms with E-state index < -0.39 is 0 Å². The lowest BCUT2D eigenvalue weighted by Crippen LogP contribution is -2.25. The zero-order valence-corrected chi connectivity index (χ0v) is 19.3. The fourth-order valence-corrected chi connectivity index (χ4v) is 3.87. The summed E-state index contributed by atoms with van der Waals surface area (Å²) in [6.45, 7) is 10.4. The van der Waals surface area contributed by atoms with Crippen LogP contribution in [-0.2, 0) is 17.9 Å². The van der Waals surface area contributed by atoms with Gasteiger partial charge in [-0.05, 0) is 50.1 Å². The third kappa shape index (κ3) is 6.07. The molecule has 8 heteroatoms. The molecule has 0 radical (unpaired) electrons. The Balaban J connectivity index is 1.62. The summed E-state index contributed by atoms with van der Waals surface area (Å²) in [5.41, 5.74) is 4.52. The van der Waals surface area contributed by atoms with Gasteiger partial charge in [0.25, 0.3) is 5.91 Å². The van der Waals surface area contributed by atoms with Gasteiger partial charge in [-0.3, -0.25) is 9.59 Å². The van der Waals surface area contributed by atoms with Gasteiger partial charge in [0.05, 0.1) is 12.3 Å². The number of aromatic nitrogens is 3. The number of anilines is 1. The van der Waals surface area contributed by atoms with Crippen molar-refractivity contribution in [2.75, 3.05) is 11.1 Å². The van der Waals surface area contributed by atoms with E-state index in [1.165, 1.54) is 11.8 Å². The highest BCUT2D eigenvalue weighted by Crippen LogP contribution is 2.20. The minimum absolute atomic E-state index is 0.119. The predicted molar refractivity (Wildman–Crippen MR) is 128 cm³/mol. The number of carbonyl (C=O) groups excluding carboxylic acids is 2.